The molecule has 0 aliphatic carbocycles. The molecule has 0 saturated carbocycles. The molecule has 3 rings (SSSR count). The van der Waals surface area contributed by atoms with E-state index in [9.17, 15) is 12.8 Å². The lowest BCUT2D eigenvalue weighted by Crippen LogP contribution is -2.36. The third-order valence-electron chi connectivity index (χ3n) is 3.04. The van der Waals surface area contributed by atoms with E-state index in [0.717, 1.165) is 12.1 Å². The van der Waals surface area contributed by atoms with Crippen LogP contribution in [0.5, 0.6) is 0 Å². The standard InChI is InChI=1S/C13H11FN4O2S/c1-18(10-4-6-15-7-5-10)13-16-11-8-9(14)2-3-12(11)21(19,20)17-13/h2-8H,1H3,(H,16,17). The summed E-state index contributed by atoms with van der Waals surface area (Å²) in [7, 11) is -2.21. The fourth-order valence-corrected chi connectivity index (χ4v) is 3.09. The van der Waals surface area contributed by atoms with Crippen molar-refractivity contribution < 1.29 is 12.8 Å². The minimum absolute atomic E-state index is 0.0456. The molecule has 1 aliphatic rings. The lowest BCUT2D eigenvalue weighted by atomic mass is 10.3. The summed E-state index contributed by atoms with van der Waals surface area (Å²) in [5, 5.41) is 2.83. The van der Waals surface area contributed by atoms with E-state index in [4.69, 9.17) is 0 Å². The number of anilines is 2. The second kappa shape index (κ2) is 4.81. The summed E-state index contributed by atoms with van der Waals surface area (Å²) in [6, 6.07) is 6.82. The Hall–Kier alpha value is -2.48. The van der Waals surface area contributed by atoms with E-state index in [2.05, 4.69) is 14.7 Å². The minimum Gasteiger partial charge on any atom is -0.324 e. The number of guanidine groups is 1. The first-order chi connectivity index (χ1) is 9.97. The molecule has 0 atom stereocenters. The first-order valence-electron chi connectivity index (χ1n) is 6.03. The van der Waals surface area contributed by atoms with Gasteiger partial charge < -0.3 is 10.2 Å². The van der Waals surface area contributed by atoms with Gasteiger partial charge in [0, 0.05) is 25.1 Å². The quantitative estimate of drug-likeness (QED) is 0.870. The van der Waals surface area contributed by atoms with Gasteiger partial charge in [-0.1, -0.05) is 0 Å². The predicted molar refractivity (Wildman–Crippen MR) is 77.3 cm³/mol. The third kappa shape index (κ3) is 2.45. The molecule has 6 nitrogen and oxygen atoms in total. The van der Waals surface area contributed by atoms with Crippen molar-refractivity contribution in [1.82, 2.24) is 4.98 Å². The maximum atomic E-state index is 13.3. The number of hydrogen-bond donors (Lipinski definition) is 1. The van der Waals surface area contributed by atoms with Crippen LogP contribution in [0.2, 0.25) is 0 Å². The number of sulfonamides is 1. The summed E-state index contributed by atoms with van der Waals surface area (Å²) in [5.74, 6) is -0.427. The lowest BCUT2D eigenvalue weighted by molar-refractivity contribution is 0.596. The van der Waals surface area contributed by atoms with E-state index in [1.807, 2.05) is 0 Å². The number of hydrogen-bond acceptors (Lipinski definition) is 5. The van der Waals surface area contributed by atoms with Gasteiger partial charge in [-0.2, -0.15) is 8.42 Å². The largest absolute Gasteiger partial charge is 0.324 e. The molecule has 1 aromatic carbocycles. The van der Waals surface area contributed by atoms with Crippen LogP contribution in [0.1, 0.15) is 0 Å². The Kier molecular flexibility index (Phi) is 3.09. The molecule has 0 saturated heterocycles. The van der Waals surface area contributed by atoms with Crippen molar-refractivity contribution in [3.05, 3.63) is 48.5 Å². The van der Waals surface area contributed by atoms with E-state index in [1.165, 1.54) is 6.07 Å². The fraction of sp³-hybridized carbons (Fsp3) is 0.0769. The van der Waals surface area contributed by atoms with Crippen LogP contribution in [-0.4, -0.2) is 26.4 Å². The maximum absolute atomic E-state index is 13.3. The second-order valence-corrected chi connectivity index (χ2v) is 5.99. The van der Waals surface area contributed by atoms with Crippen LogP contribution in [0.3, 0.4) is 0 Å². The fourth-order valence-electron chi connectivity index (χ4n) is 1.97. The van der Waals surface area contributed by atoms with Gasteiger partial charge in [0.2, 0.25) is 5.96 Å². The van der Waals surface area contributed by atoms with Gasteiger partial charge in [-0.25, -0.2) is 4.39 Å². The van der Waals surface area contributed by atoms with Gasteiger partial charge in [0.1, 0.15) is 10.7 Å². The zero-order valence-corrected chi connectivity index (χ0v) is 11.8. The molecule has 21 heavy (non-hydrogen) atoms. The Balaban J connectivity index is 2.05. The van der Waals surface area contributed by atoms with Crippen LogP contribution >= 0.6 is 0 Å². The number of nitrogens with one attached hydrogen (secondary N) is 1. The molecule has 0 spiro atoms. The maximum Gasteiger partial charge on any atom is 0.287 e. The number of fused-ring (bicyclic) bond motifs is 1. The molecular weight excluding hydrogens is 295 g/mol. The van der Waals surface area contributed by atoms with Gasteiger partial charge >= 0.3 is 0 Å². The Morgan fingerprint density at radius 2 is 1.90 bits per heavy atom. The van der Waals surface area contributed by atoms with Crippen LogP contribution in [0.4, 0.5) is 15.8 Å². The van der Waals surface area contributed by atoms with Gasteiger partial charge in [0.15, 0.2) is 0 Å². The summed E-state index contributed by atoms with van der Waals surface area (Å²) in [5.41, 5.74) is 0.868. The highest BCUT2D eigenvalue weighted by molar-refractivity contribution is 7.90. The van der Waals surface area contributed by atoms with E-state index in [1.54, 1.807) is 36.5 Å². The van der Waals surface area contributed by atoms with Crippen LogP contribution in [0.15, 0.2) is 52.0 Å². The molecule has 8 heteroatoms. The Labute approximate surface area is 121 Å². The predicted octanol–water partition coefficient (Wildman–Crippen LogP) is 1.83. The Morgan fingerprint density at radius 3 is 2.62 bits per heavy atom. The first kappa shape index (κ1) is 13.5. The summed E-state index contributed by atoms with van der Waals surface area (Å²) >= 11 is 0. The van der Waals surface area contributed by atoms with Crippen molar-refractivity contribution in [2.45, 2.75) is 4.90 Å². The van der Waals surface area contributed by atoms with Crippen molar-refractivity contribution in [3.63, 3.8) is 0 Å². The van der Waals surface area contributed by atoms with Crippen molar-refractivity contribution in [3.8, 4) is 0 Å². The second-order valence-electron chi connectivity index (χ2n) is 4.42. The molecular formula is C13H11FN4O2S. The number of benzene rings is 1. The van der Waals surface area contributed by atoms with Crippen LogP contribution < -0.4 is 10.2 Å². The van der Waals surface area contributed by atoms with Gasteiger partial charge in [0.25, 0.3) is 10.0 Å². The summed E-state index contributed by atoms with van der Waals surface area (Å²) in [4.78, 5) is 5.40. The molecule has 2 aromatic rings. The number of nitrogens with zero attached hydrogens (tertiary/aromatic N) is 3. The molecule has 0 bridgehead atoms. The van der Waals surface area contributed by atoms with Gasteiger partial charge in [-0.15, -0.1) is 4.40 Å². The Bertz CT molecular complexity index is 821. The van der Waals surface area contributed by atoms with Crippen LogP contribution in [-0.2, 0) is 10.0 Å². The number of rotatable bonds is 1. The highest BCUT2D eigenvalue weighted by Crippen LogP contribution is 2.29. The van der Waals surface area contributed by atoms with Crippen molar-refractivity contribution >= 4 is 27.4 Å². The SMILES string of the molecule is CN(C1=NS(=O)(=O)c2ccc(F)cc2N1)c1ccncc1. The molecule has 0 amide bonds. The van der Waals surface area contributed by atoms with E-state index in [0.29, 0.717) is 5.69 Å². The molecule has 0 radical (unpaired) electrons. The number of halogens is 1. The topological polar surface area (TPSA) is 74.7 Å². The summed E-state index contributed by atoms with van der Waals surface area (Å²) in [6.45, 7) is 0. The zero-order valence-electron chi connectivity index (χ0n) is 11.0. The van der Waals surface area contributed by atoms with E-state index < -0.39 is 15.8 Å². The Morgan fingerprint density at radius 1 is 1.19 bits per heavy atom. The summed E-state index contributed by atoms with van der Waals surface area (Å²) < 4.78 is 41.3. The van der Waals surface area contributed by atoms with E-state index >= 15 is 0 Å². The molecule has 2 heterocycles. The molecule has 1 N–H and O–H groups in total. The molecule has 108 valence electrons. The van der Waals surface area contributed by atoms with Crippen LogP contribution in [0, 0.1) is 5.82 Å². The van der Waals surface area contributed by atoms with E-state index in [-0.39, 0.29) is 16.5 Å². The number of aromatic nitrogens is 1. The first-order valence-corrected chi connectivity index (χ1v) is 7.47. The highest BCUT2D eigenvalue weighted by atomic mass is 32.2. The van der Waals surface area contributed by atoms with Gasteiger partial charge in [0.05, 0.1) is 5.69 Å². The normalized spacial score (nSPS) is 15.6. The summed E-state index contributed by atoms with van der Waals surface area (Å²) in [6.07, 6.45) is 3.16. The lowest BCUT2D eigenvalue weighted by Gasteiger charge is -2.25. The molecule has 0 fully saturated rings. The third-order valence-corrected chi connectivity index (χ3v) is 4.37. The molecule has 1 aromatic heterocycles. The van der Waals surface area contributed by atoms with Gasteiger partial charge in [-0.3, -0.25) is 4.98 Å². The monoisotopic (exact) mass is 306 g/mol. The zero-order chi connectivity index (χ0) is 15.0. The minimum atomic E-state index is -3.86. The number of pyridine rings is 1. The smallest absolute Gasteiger partial charge is 0.287 e. The van der Waals surface area contributed by atoms with Crippen molar-refractivity contribution in [2.75, 3.05) is 17.3 Å². The van der Waals surface area contributed by atoms with Crippen molar-refractivity contribution in [1.29, 1.82) is 0 Å². The molecule has 1 aliphatic heterocycles. The van der Waals surface area contributed by atoms with Crippen LogP contribution in [0.25, 0.3) is 0 Å². The van der Waals surface area contributed by atoms with Crippen molar-refractivity contribution in [2.24, 2.45) is 4.40 Å². The molecule has 0 unspecified atom stereocenters. The van der Waals surface area contributed by atoms with Gasteiger partial charge in [-0.05, 0) is 30.3 Å². The average Bonchev–Trinajstić information content (AvgIpc) is 2.46. The highest BCUT2D eigenvalue weighted by Gasteiger charge is 2.27. The average molecular weight is 306 g/mol.